The van der Waals surface area contributed by atoms with Gasteiger partial charge in [-0.05, 0) is 16.0 Å². The molecule has 0 aliphatic rings. The SMILES string of the molecule is C[SiH](C)C(C)(C)C.[SiH4]. The Balaban J connectivity index is 0. The summed E-state index contributed by atoms with van der Waals surface area (Å²) in [6, 6.07) is 0. The molecular formula is C6H20Si2. The van der Waals surface area contributed by atoms with E-state index in [1.165, 1.54) is 0 Å². The summed E-state index contributed by atoms with van der Waals surface area (Å²) in [5, 5.41) is 0.639. The lowest BCUT2D eigenvalue weighted by Crippen LogP contribution is -2.16. The van der Waals surface area contributed by atoms with Gasteiger partial charge >= 0.3 is 0 Å². The normalized spacial score (nSPS) is 11.2. The fraction of sp³-hybridized carbons (Fsp3) is 1.00. The van der Waals surface area contributed by atoms with Crippen molar-refractivity contribution in [3.8, 4) is 0 Å². The topological polar surface area (TPSA) is 0 Å². The van der Waals surface area contributed by atoms with Gasteiger partial charge < -0.3 is 0 Å². The van der Waals surface area contributed by atoms with Gasteiger partial charge in [0.05, 0.1) is 0 Å². The van der Waals surface area contributed by atoms with E-state index in [-0.39, 0.29) is 19.8 Å². The highest BCUT2D eigenvalue weighted by Crippen LogP contribution is 2.25. The highest BCUT2D eigenvalue weighted by Gasteiger charge is 2.15. The molecule has 0 rings (SSSR count). The van der Waals surface area contributed by atoms with E-state index < -0.39 is 0 Å². The van der Waals surface area contributed by atoms with Crippen LogP contribution in [0, 0.1) is 0 Å². The Kier molecular flexibility index (Phi) is 4.87. The van der Waals surface area contributed by atoms with Crippen molar-refractivity contribution in [2.75, 3.05) is 0 Å². The van der Waals surface area contributed by atoms with E-state index in [0.717, 1.165) is 0 Å². The van der Waals surface area contributed by atoms with Crippen LogP contribution in [0.25, 0.3) is 0 Å². The summed E-state index contributed by atoms with van der Waals surface area (Å²) in [6.07, 6.45) is 0. The maximum atomic E-state index is 2.39. The first-order chi connectivity index (χ1) is 2.94. The van der Waals surface area contributed by atoms with Crippen molar-refractivity contribution in [1.82, 2.24) is 0 Å². The fourth-order valence-corrected chi connectivity index (χ4v) is 0. The zero-order valence-electron chi connectivity index (χ0n) is 6.08. The van der Waals surface area contributed by atoms with Crippen molar-refractivity contribution < 1.29 is 0 Å². The first-order valence-corrected chi connectivity index (χ1v) is 5.83. The van der Waals surface area contributed by atoms with E-state index in [1.54, 1.807) is 0 Å². The Labute approximate surface area is 59.3 Å². The number of hydrogen-bond donors (Lipinski definition) is 0. The fourth-order valence-electron chi connectivity index (χ4n) is 0. The molecule has 0 nitrogen and oxygen atoms in total. The van der Waals surface area contributed by atoms with Crippen molar-refractivity contribution in [2.24, 2.45) is 0 Å². The summed E-state index contributed by atoms with van der Waals surface area (Å²) in [4.78, 5) is 0. The Morgan fingerprint density at radius 3 is 1.12 bits per heavy atom. The summed E-state index contributed by atoms with van der Waals surface area (Å²) >= 11 is 0. The van der Waals surface area contributed by atoms with Crippen LogP contribution >= 0.6 is 0 Å². The third kappa shape index (κ3) is 4.59. The summed E-state index contributed by atoms with van der Waals surface area (Å²) in [6.45, 7) is 11.7. The molecule has 0 spiro atoms. The Morgan fingerprint density at radius 1 is 1.00 bits per heavy atom. The van der Waals surface area contributed by atoms with Crippen LogP contribution in [-0.4, -0.2) is 19.8 Å². The lowest BCUT2D eigenvalue weighted by atomic mass is 10.2. The lowest BCUT2D eigenvalue weighted by Gasteiger charge is -2.21. The molecule has 0 saturated heterocycles. The summed E-state index contributed by atoms with van der Waals surface area (Å²) in [5.74, 6) is 0. The molecule has 0 heterocycles. The minimum absolute atomic E-state index is 0. The summed E-state index contributed by atoms with van der Waals surface area (Å²) in [7, 11) is -0.359. The molecule has 0 saturated carbocycles. The van der Waals surface area contributed by atoms with Gasteiger partial charge in [-0.2, -0.15) is 0 Å². The molecule has 0 aromatic rings. The predicted molar refractivity (Wildman–Crippen MR) is 49.9 cm³/mol. The highest BCUT2D eigenvalue weighted by atomic mass is 28.3. The Hall–Kier alpha value is 0.434. The monoisotopic (exact) mass is 148 g/mol. The van der Waals surface area contributed by atoms with Gasteiger partial charge in [-0.25, -0.2) is 0 Å². The molecule has 0 N–H and O–H groups in total. The summed E-state index contributed by atoms with van der Waals surface area (Å²) in [5.41, 5.74) is 0. The van der Waals surface area contributed by atoms with Gasteiger partial charge in [-0.1, -0.05) is 33.9 Å². The second kappa shape index (κ2) is 3.46. The van der Waals surface area contributed by atoms with E-state index in [9.17, 15) is 0 Å². The molecule has 8 heavy (non-hydrogen) atoms. The molecule has 0 bridgehead atoms. The second-order valence-corrected chi connectivity index (χ2v) is 7.56. The lowest BCUT2D eigenvalue weighted by molar-refractivity contribution is 0.742. The Bertz CT molecular complexity index is 52.0. The van der Waals surface area contributed by atoms with E-state index in [2.05, 4.69) is 33.9 Å². The van der Waals surface area contributed by atoms with E-state index >= 15 is 0 Å². The average molecular weight is 148 g/mol. The van der Waals surface area contributed by atoms with Crippen molar-refractivity contribution in [1.29, 1.82) is 0 Å². The quantitative estimate of drug-likeness (QED) is 0.446. The summed E-state index contributed by atoms with van der Waals surface area (Å²) < 4.78 is 0. The minimum atomic E-state index is -0.359. The molecule has 0 fully saturated rings. The molecule has 0 radical (unpaired) electrons. The van der Waals surface area contributed by atoms with E-state index in [4.69, 9.17) is 0 Å². The molecule has 2 heteroatoms. The van der Waals surface area contributed by atoms with Gasteiger partial charge in [0.25, 0.3) is 0 Å². The van der Waals surface area contributed by atoms with Gasteiger partial charge in [-0.15, -0.1) is 0 Å². The minimum Gasteiger partial charge on any atom is -0.0718 e. The van der Waals surface area contributed by atoms with Crippen molar-refractivity contribution in [3.63, 3.8) is 0 Å². The third-order valence-electron chi connectivity index (χ3n) is 1.73. The molecule has 0 atom stereocenters. The predicted octanol–water partition coefficient (Wildman–Crippen LogP) is 0.822. The van der Waals surface area contributed by atoms with Crippen molar-refractivity contribution in [2.45, 2.75) is 38.9 Å². The Morgan fingerprint density at radius 2 is 1.12 bits per heavy atom. The molecule has 0 aromatic carbocycles. The highest BCUT2D eigenvalue weighted by molar-refractivity contribution is 6.59. The number of rotatable bonds is 0. The van der Waals surface area contributed by atoms with Crippen LogP contribution in [0.1, 0.15) is 20.8 Å². The van der Waals surface area contributed by atoms with E-state index in [0.29, 0.717) is 5.04 Å². The molecule has 0 aromatic heterocycles. The van der Waals surface area contributed by atoms with Crippen LogP contribution in [0.4, 0.5) is 0 Å². The third-order valence-corrected chi connectivity index (χ3v) is 5.20. The zero-order chi connectivity index (χ0) is 6.08. The van der Waals surface area contributed by atoms with Gasteiger partial charge in [0.2, 0.25) is 0 Å². The molecular weight excluding hydrogens is 128 g/mol. The zero-order valence-corrected chi connectivity index (χ0v) is 7.23. The standard InChI is InChI=1S/C6H16Si.H4Si/c1-6(2,3)7(4)5;/h7H,1-5H3;1H4. The van der Waals surface area contributed by atoms with Crippen LogP contribution < -0.4 is 0 Å². The van der Waals surface area contributed by atoms with Gasteiger partial charge in [0, 0.05) is 8.80 Å². The van der Waals surface area contributed by atoms with Crippen LogP contribution in [0.3, 0.4) is 0 Å². The van der Waals surface area contributed by atoms with E-state index in [1.807, 2.05) is 0 Å². The molecule has 0 amide bonds. The smallest absolute Gasteiger partial charge is 0.0361 e. The largest absolute Gasteiger partial charge is 0.0718 e. The van der Waals surface area contributed by atoms with Crippen molar-refractivity contribution >= 4 is 19.8 Å². The van der Waals surface area contributed by atoms with Gasteiger partial charge in [-0.3, -0.25) is 0 Å². The molecule has 0 aliphatic heterocycles. The van der Waals surface area contributed by atoms with Crippen LogP contribution in [-0.2, 0) is 0 Å². The molecule has 0 aliphatic carbocycles. The first kappa shape index (κ1) is 11.3. The van der Waals surface area contributed by atoms with Crippen LogP contribution in [0.5, 0.6) is 0 Å². The maximum Gasteiger partial charge on any atom is 0.0361 e. The molecule has 0 unspecified atom stereocenters. The first-order valence-electron chi connectivity index (χ1n) is 2.94. The number of hydrogen-bond acceptors (Lipinski definition) is 0. The maximum absolute atomic E-state index is 2.39. The van der Waals surface area contributed by atoms with Crippen LogP contribution in [0.2, 0.25) is 18.1 Å². The van der Waals surface area contributed by atoms with Gasteiger partial charge in [0.1, 0.15) is 0 Å². The van der Waals surface area contributed by atoms with Crippen molar-refractivity contribution in [3.05, 3.63) is 0 Å². The molecule has 52 valence electrons. The van der Waals surface area contributed by atoms with Crippen LogP contribution in [0.15, 0.2) is 0 Å². The van der Waals surface area contributed by atoms with Gasteiger partial charge in [0.15, 0.2) is 0 Å². The average Bonchev–Trinajstić information content (AvgIpc) is 1.31. The second-order valence-electron chi connectivity index (χ2n) is 3.52.